The van der Waals surface area contributed by atoms with Crippen LogP contribution in [0.25, 0.3) is 0 Å². The second kappa shape index (κ2) is 6.30. The fourth-order valence-electron chi connectivity index (χ4n) is 1.09. The number of nitrogens with one attached hydrogen (secondary N) is 2. The summed E-state index contributed by atoms with van der Waals surface area (Å²) in [6.45, 7) is 0. The van der Waals surface area contributed by atoms with Crippen LogP contribution in [0.2, 0.25) is 0 Å². The van der Waals surface area contributed by atoms with E-state index in [1.807, 2.05) is 5.32 Å². The van der Waals surface area contributed by atoms with Crippen molar-refractivity contribution < 1.29 is 22.7 Å². The first-order valence-corrected chi connectivity index (χ1v) is 7.64. The number of nitro benzene ring substituents is 1. The van der Waals surface area contributed by atoms with Crippen LogP contribution in [0, 0.1) is 10.1 Å². The second-order valence-corrected chi connectivity index (χ2v) is 7.29. The van der Waals surface area contributed by atoms with E-state index in [2.05, 4.69) is 5.32 Å². The van der Waals surface area contributed by atoms with Gasteiger partial charge >= 0.3 is 126 Å². The van der Waals surface area contributed by atoms with Crippen LogP contribution in [-0.2, 0) is 10.1 Å². The summed E-state index contributed by atoms with van der Waals surface area (Å²) in [5.74, 6) is 0. The molecule has 11 heteroatoms. The van der Waals surface area contributed by atoms with Gasteiger partial charge in [-0.3, -0.25) is 0 Å². The summed E-state index contributed by atoms with van der Waals surface area (Å²) in [7, 11) is -4.31. The molecule has 0 fully saturated rings. The van der Waals surface area contributed by atoms with E-state index >= 15 is 0 Å². The van der Waals surface area contributed by atoms with Crippen LogP contribution >= 0.6 is 0 Å². The Balaban J connectivity index is 2.65. The molecule has 0 aromatic heterocycles. The van der Waals surface area contributed by atoms with Crippen LogP contribution in [0.3, 0.4) is 0 Å². The maximum atomic E-state index is 11.4. The molecule has 19 heavy (non-hydrogen) atoms. The fraction of sp³-hybridized carbons (Fsp3) is 0.125. The number of hydrogen-bond donors (Lipinski definition) is 3. The van der Waals surface area contributed by atoms with Gasteiger partial charge in [0, 0.05) is 0 Å². The third-order valence-corrected chi connectivity index (χ3v) is 5.20. The maximum absolute atomic E-state index is 11.4. The molecule has 1 rings (SSSR count). The molecule has 0 radical (unpaired) electrons. The standard InChI is InChI=1S/C8H8N3O6S.Na/c12-8(9-5-18(15,16)17)10-6-1-3-7(4-2-6)11(13)14;/h1-5H,(H2,9,10,12)(H,15,16,17);. The fourth-order valence-corrected chi connectivity index (χ4v) is 1.61. The molecule has 0 saturated heterocycles. The minimum absolute atomic E-state index is 0.00974. The van der Waals surface area contributed by atoms with E-state index in [-0.39, 0.29) is 39.3 Å². The molecular weight excluding hydrogens is 289 g/mol. The Hall–Kier alpha value is -1.20. The molecule has 0 aliphatic carbocycles. The topological polar surface area (TPSA) is 139 Å². The average Bonchev–Trinajstić information content (AvgIpc) is 2.28. The number of hydrogen-bond acceptors (Lipinski definition) is 5. The van der Waals surface area contributed by atoms with Gasteiger partial charge in [-0.15, -0.1) is 0 Å². The molecule has 0 saturated carbocycles. The van der Waals surface area contributed by atoms with Crippen LogP contribution < -0.4 is 10.6 Å². The number of amides is 2. The Bertz CT molecular complexity index is 587. The molecule has 0 heterocycles. The zero-order valence-electron chi connectivity index (χ0n) is 9.73. The van der Waals surface area contributed by atoms with Gasteiger partial charge in [-0.05, 0) is 0 Å². The number of nitrogens with zero attached hydrogens (tertiary/aromatic N) is 1. The Morgan fingerprint density at radius 2 is 1.89 bits per heavy atom. The van der Waals surface area contributed by atoms with E-state index in [9.17, 15) is 23.3 Å². The molecule has 0 spiro atoms. The van der Waals surface area contributed by atoms with Gasteiger partial charge in [0.15, 0.2) is 0 Å². The predicted molar refractivity (Wildman–Crippen MR) is 66.3 cm³/mol. The molecule has 2 amide bonds. The van der Waals surface area contributed by atoms with Crippen molar-refractivity contribution in [3.63, 3.8) is 0 Å². The molecule has 1 aromatic rings. The van der Waals surface area contributed by atoms with Crippen molar-refractivity contribution in [2.75, 3.05) is 5.32 Å². The molecule has 0 aliphatic heterocycles. The van der Waals surface area contributed by atoms with Gasteiger partial charge in [0.25, 0.3) is 0 Å². The molecule has 1 aromatic carbocycles. The monoisotopic (exact) mass is 297 g/mol. The van der Waals surface area contributed by atoms with Crippen LogP contribution in [0.1, 0.15) is 0 Å². The SMILES string of the molecule is O=C(Nc1ccc([N+](=O)[O-])cc1)N[CH]([Na])S(=O)(=O)O. The van der Waals surface area contributed by atoms with E-state index in [4.69, 9.17) is 4.55 Å². The Kier molecular flexibility index (Phi) is 5.26. The van der Waals surface area contributed by atoms with Crippen LogP contribution in [0.4, 0.5) is 16.2 Å². The summed E-state index contributed by atoms with van der Waals surface area (Å²) in [5.41, 5.74) is 0.122. The van der Waals surface area contributed by atoms with Gasteiger partial charge in [-0.2, -0.15) is 0 Å². The van der Waals surface area contributed by atoms with E-state index in [0.29, 0.717) is 0 Å². The van der Waals surface area contributed by atoms with Gasteiger partial charge in [-0.1, -0.05) is 0 Å². The summed E-state index contributed by atoms with van der Waals surface area (Å²) in [4.78, 5) is 21.2. The number of anilines is 1. The Morgan fingerprint density at radius 1 is 1.37 bits per heavy atom. The number of non-ortho nitro benzene ring substituents is 1. The van der Waals surface area contributed by atoms with Crippen molar-refractivity contribution in [3.05, 3.63) is 34.4 Å². The zero-order valence-corrected chi connectivity index (χ0v) is 12.5. The van der Waals surface area contributed by atoms with Crippen molar-refractivity contribution in [3.8, 4) is 0 Å². The number of carbonyl (C=O) groups excluding carboxylic acids is 1. The van der Waals surface area contributed by atoms with Crippen molar-refractivity contribution in [1.29, 1.82) is 0 Å². The predicted octanol–water partition coefficient (Wildman–Crippen LogP) is 0.0562. The number of nitro groups is 1. The van der Waals surface area contributed by atoms with Gasteiger partial charge < -0.3 is 0 Å². The molecular formula is C8H8N3NaO6S. The van der Waals surface area contributed by atoms with Crippen molar-refractivity contribution in [2.24, 2.45) is 0 Å². The van der Waals surface area contributed by atoms with Crippen LogP contribution in [0.5, 0.6) is 0 Å². The Morgan fingerprint density at radius 3 is 2.32 bits per heavy atom. The third-order valence-electron chi connectivity index (χ3n) is 2.12. The molecule has 0 aliphatic rings. The van der Waals surface area contributed by atoms with Gasteiger partial charge in [0.1, 0.15) is 0 Å². The van der Waals surface area contributed by atoms with Crippen molar-refractivity contribution in [1.82, 2.24) is 5.32 Å². The van der Waals surface area contributed by atoms with Crippen molar-refractivity contribution >= 4 is 55.5 Å². The molecule has 1 atom stereocenters. The summed E-state index contributed by atoms with van der Waals surface area (Å²) < 4.78 is 28.8. The van der Waals surface area contributed by atoms with E-state index in [0.717, 1.165) is 0 Å². The first kappa shape index (κ1) is 15.9. The summed E-state index contributed by atoms with van der Waals surface area (Å²) in [6.07, 6.45) is 0. The van der Waals surface area contributed by atoms with Gasteiger partial charge in [0.2, 0.25) is 0 Å². The van der Waals surface area contributed by atoms with E-state index in [1.165, 1.54) is 24.3 Å². The summed E-state index contributed by atoms with van der Waals surface area (Å²) >= 11 is 0.00974. The van der Waals surface area contributed by atoms with Crippen molar-refractivity contribution in [2.45, 2.75) is 2.62 Å². The van der Waals surface area contributed by atoms with Crippen LogP contribution in [-0.4, -0.2) is 54.5 Å². The summed E-state index contributed by atoms with van der Waals surface area (Å²) in [5, 5.41) is 14.7. The molecule has 9 nitrogen and oxygen atoms in total. The molecule has 3 N–H and O–H groups in total. The van der Waals surface area contributed by atoms with E-state index < -0.39 is 23.7 Å². The normalized spacial score (nSPS) is 12.6. The van der Waals surface area contributed by atoms with E-state index in [1.54, 1.807) is 0 Å². The average molecular weight is 297 g/mol. The number of rotatable bonds is 4. The zero-order chi connectivity index (χ0) is 14.6. The second-order valence-electron chi connectivity index (χ2n) is 3.56. The number of urea groups is 1. The number of carbonyl (C=O) groups is 1. The van der Waals surface area contributed by atoms with Gasteiger partial charge in [-0.25, -0.2) is 0 Å². The Labute approximate surface area is 125 Å². The summed E-state index contributed by atoms with van der Waals surface area (Å²) in [6, 6.07) is 4.15. The molecule has 98 valence electrons. The first-order valence-electron chi connectivity index (χ1n) is 4.98. The first-order chi connectivity index (χ1) is 8.70. The quantitative estimate of drug-likeness (QED) is 0.311. The number of benzene rings is 1. The van der Waals surface area contributed by atoms with Gasteiger partial charge in [0.05, 0.1) is 0 Å². The van der Waals surface area contributed by atoms with Crippen LogP contribution in [0.15, 0.2) is 24.3 Å². The molecule has 0 bridgehead atoms. The third kappa shape index (κ3) is 5.12. The molecule has 1 unspecified atom stereocenters. The minimum atomic E-state index is -4.31.